The zero-order valence-electron chi connectivity index (χ0n) is 10.3. The molecule has 0 aromatic carbocycles. The summed E-state index contributed by atoms with van der Waals surface area (Å²) in [4.78, 5) is 14.1. The van der Waals surface area contributed by atoms with E-state index in [-0.39, 0.29) is 5.91 Å². The molecular formula is C13H21NO2. The molecule has 2 rings (SSSR count). The summed E-state index contributed by atoms with van der Waals surface area (Å²) in [6, 6.07) is 0. The molecule has 1 amide bonds. The molecule has 0 aromatic rings. The third-order valence-electron chi connectivity index (χ3n) is 3.74. The molecule has 0 radical (unpaired) electrons. The fourth-order valence-corrected chi connectivity index (χ4v) is 2.39. The van der Waals surface area contributed by atoms with Gasteiger partial charge >= 0.3 is 0 Å². The SMILES string of the molecule is CCC1CCCN(C(=O)/C(C)=C2\CO2)CC1. The maximum absolute atomic E-state index is 12.1. The van der Waals surface area contributed by atoms with E-state index in [9.17, 15) is 4.79 Å². The molecule has 1 unspecified atom stereocenters. The first-order chi connectivity index (χ1) is 7.72. The van der Waals surface area contributed by atoms with Crippen molar-refractivity contribution < 1.29 is 9.53 Å². The molecule has 0 bridgehead atoms. The summed E-state index contributed by atoms with van der Waals surface area (Å²) >= 11 is 0. The third kappa shape index (κ3) is 2.57. The summed E-state index contributed by atoms with van der Waals surface area (Å²) in [5.41, 5.74) is 0.815. The topological polar surface area (TPSA) is 32.8 Å². The standard InChI is InChI=1S/C13H21NO2/c1-3-11-5-4-7-14(8-6-11)13(15)10(2)12-9-16-12/h11H,3-9H2,1-2H3/b12-10+. The van der Waals surface area contributed by atoms with Gasteiger partial charge in [0.25, 0.3) is 5.91 Å². The Morgan fingerprint density at radius 2 is 2.19 bits per heavy atom. The van der Waals surface area contributed by atoms with Crippen LogP contribution in [0.15, 0.2) is 11.3 Å². The van der Waals surface area contributed by atoms with Gasteiger partial charge in [0.05, 0.1) is 5.57 Å². The van der Waals surface area contributed by atoms with Crippen LogP contribution in [0.5, 0.6) is 0 Å². The van der Waals surface area contributed by atoms with Crippen molar-refractivity contribution in [3.8, 4) is 0 Å². The number of carbonyl (C=O) groups excluding carboxylic acids is 1. The van der Waals surface area contributed by atoms with Gasteiger partial charge < -0.3 is 9.64 Å². The lowest BCUT2D eigenvalue weighted by molar-refractivity contribution is -0.127. The van der Waals surface area contributed by atoms with Gasteiger partial charge in [0.2, 0.25) is 0 Å². The van der Waals surface area contributed by atoms with Gasteiger partial charge in [-0.1, -0.05) is 13.3 Å². The van der Waals surface area contributed by atoms with Gasteiger partial charge in [0, 0.05) is 13.1 Å². The number of amides is 1. The smallest absolute Gasteiger partial charge is 0.253 e. The van der Waals surface area contributed by atoms with Crippen molar-refractivity contribution in [1.82, 2.24) is 4.90 Å². The molecule has 2 aliphatic heterocycles. The molecule has 16 heavy (non-hydrogen) atoms. The second-order valence-corrected chi connectivity index (χ2v) is 4.83. The highest BCUT2D eigenvalue weighted by molar-refractivity contribution is 5.93. The van der Waals surface area contributed by atoms with Crippen LogP contribution in [0.1, 0.15) is 39.5 Å². The van der Waals surface area contributed by atoms with Crippen molar-refractivity contribution >= 4 is 5.91 Å². The second kappa shape index (κ2) is 4.89. The number of likely N-dealkylation sites (tertiary alicyclic amines) is 1. The minimum Gasteiger partial charge on any atom is -0.486 e. The predicted octanol–water partition coefficient (Wildman–Crippen LogP) is 2.33. The summed E-state index contributed by atoms with van der Waals surface area (Å²) in [5, 5.41) is 0. The summed E-state index contributed by atoms with van der Waals surface area (Å²) in [7, 11) is 0. The second-order valence-electron chi connectivity index (χ2n) is 4.83. The highest BCUT2D eigenvalue weighted by atomic mass is 16.6. The molecule has 2 heterocycles. The van der Waals surface area contributed by atoms with Gasteiger partial charge in [-0.05, 0) is 32.1 Å². The lowest BCUT2D eigenvalue weighted by atomic mass is 9.98. The van der Waals surface area contributed by atoms with Crippen LogP contribution in [0.25, 0.3) is 0 Å². The van der Waals surface area contributed by atoms with Crippen molar-refractivity contribution in [3.63, 3.8) is 0 Å². The van der Waals surface area contributed by atoms with Gasteiger partial charge in [-0.2, -0.15) is 0 Å². The van der Waals surface area contributed by atoms with E-state index in [2.05, 4.69) is 6.92 Å². The molecule has 0 aromatic heterocycles. The monoisotopic (exact) mass is 223 g/mol. The largest absolute Gasteiger partial charge is 0.486 e. The van der Waals surface area contributed by atoms with E-state index in [0.29, 0.717) is 6.61 Å². The van der Waals surface area contributed by atoms with Crippen molar-refractivity contribution in [2.75, 3.05) is 19.7 Å². The van der Waals surface area contributed by atoms with Crippen LogP contribution in [0.2, 0.25) is 0 Å². The van der Waals surface area contributed by atoms with Crippen LogP contribution in [-0.2, 0) is 9.53 Å². The zero-order chi connectivity index (χ0) is 11.5. The third-order valence-corrected chi connectivity index (χ3v) is 3.74. The Bertz CT molecular complexity index is 303. The number of carbonyl (C=O) groups is 1. The maximum Gasteiger partial charge on any atom is 0.253 e. The average Bonchev–Trinajstić information content (AvgIpc) is 3.12. The van der Waals surface area contributed by atoms with E-state index < -0.39 is 0 Å². The Hall–Kier alpha value is -0.990. The minimum atomic E-state index is 0.184. The van der Waals surface area contributed by atoms with E-state index in [1.807, 2.05) is 11.8 Å². The Morgan fingerprint density at radius 1 is 1.44 bits per heavy atom. The molecule has 0 N–H and O–H groups in total. The van der Waals surface area contributed by atoms with Crippen LogP contribution in [0, 0.1) is 5.92 Å². The van der Waals surface area contributed by atoms with Crippen LogP contribution in [0.3, 0.4) is 0 Å². The summed E-state index contributed by atoms with van der Waals surface area (Å²) in [5.74, 6) is 1.88. The summed E-state index contributed by atoms with van der Waals surface area (Å²) < 4.78 is 5.09. The maximum atomic E-state index is 12.1. The lowest BCUT2D eigenvalue weighted by Crippen LogP contribution is -2.32. The molecule has 2 saturated heterocycles. The van der Waals surface area contributed by atoms with Crippen LogP contribution in [-0.4, -0.2) is 30.5 Å². The van der Waals surface area contributed by atoms with Crippen LogP contribution < -0.4 is 0 Å². The van der Waals surface area contributed by atoms with E-state index in [4.69, 9.17) is 4.74 Å². The molecule has 0 aliphatic carbocycles. The van der Waals surface area contributed by atoms with Gasteiger partial charge in [0.15, 0.2) is 0 Å². The van der Waals surface area contributed by atoms with Crippen LogP contribution >= 0.6 is 0 Å². The average molecular weight is 223 g/mol. The first-order valence-corrected chi connectivity index (χ1v) is 6.34. The van der Waals surface area contributed by atoms with E-state index >= 15 is 0 Å². The molecular weight excluding hydrogens is 202 g/mol. The number of epoxide rings is 1. The van der Waals surface area contributed by atoms with Crippen molar-refractivity contribution in [3.05, 3.63) is 11.3 Å². The summed E-state index contributed by atoms with van der Waals surface area (Å²) in [6.07, 6.45) is 4.82. The lowest BCUT2D eigenvalue weighted by Gasteiger charge is -2.20. The number of hydrogen-bond acceptors (Lipinski definition) is 2. The molecule has 0 spiro atoms. The van der Waals surface area contributed by atoms with Crippen LogP contribution in [0.4, 0.5) is 0 Å². The highest BCUT2D eigenvalue weighted by Crippen LogP contribution is 2.24. The van der Waals surface area contributed by atoms with Crippen molar-refractivity contribution in [1.29, 1.82) is 0 Å². The normalized spacial score (nSPS) is 28.1. The molecule has 2 fully saturated rings. The quantitative estimate of drug-likeness (QED) is 0.531. The van der Waals surface area contributed by atoms with Gasteiger partial charge in [0.1, 0.15) is 12.4 Å². The Morgan fingerprint density at radius 3 is 2.81 bits per heavy atom. The summed E-state index contributed by atoms with van der Waals surface area (Å²) in [6.45, 7) is 6.62. The fourth-order valence-electron chi connectivity index (χ4n) is 2.39. The van der Waals surface area contributed by atoms with E-state index in [1.165, 1.54) is 12.8 Å². The number of ether oxygens (including phenoxy) is 1. The first-order valence-electron chi connectivity index (χ1n) is 6.34. The number of nitrogens with zero attached hydrogens (tertiary/aromatic N) is 1. The number of hydrogen-bond donors (Lipinski definition) is 0. The molecule has 90 valence electrons. The highest BCUT2D eigenvalue weighted by Gasteiger charge is 2.26. The molecule has 3 nitrogen and oxygen atoms in total. The fraction of sp³-hybridized carbons (Fsp3) is 0.769. The van der Waals surface area contributed by atoms with E-state index in [0.717, 1.165) is 43.2 Å². The van der Waals surface area contributed by atoms with Gasteiger partial charge in [-0.25, -0.2) is 0 Å². The minimum absolute atomic E-state index is 0.184. The Balaban J connectivity index is 1.94. The van der Waals surface area contributed by atoms with Crippen molar-refractivity contribution in [2.24, 2.45) is 5.92 Å². The zero-order valence-corrected chi connectivity index (χ0v) is 10.3. The molecule has 2 aliphatic rings. The van der Waals surface area contributed by atoms with Gasteiger partial charge in [-0.3, -0.25) is 4.79 Å². The van der Waals surface area contributed by atoms with Gasteiger partial charge in [-0.15, -0.1) is 0 Å². The number of rotatable bonds is 2. The Labute approximate surface area is 97.5 Å². The van der Waals surface area contributed by atoms with E-state index in [1.54, 1.807) is 0 Å². The molecule has 3 heteroatoms. The molecule has 1 atom stereocenters. The predicted molar refractivity (Wildman–Crippen MR) is 62.9 cm³/mol. The van der Waals surface area contributed by atoms with Crippen molar-refractivity contribution in [2.45, 2.75) is 39.5 Å². The molecule has 0 saturated carbocycles. The Kier molecular flexibility index (Phi) is 3.52. The first kappa shape index (κ1) is 11.5.